The van der Waals surface area contributed by atoms with E-state index in [2.05, 4.69) is 74.3 Å². The van der Waals surface area contributed by atoms with E-state index in [-0.39, 0.29) is 5.41 Å². The molecule has 3 aromatic rings. The van der Waals surface area contributed by atoms with Crippen LogP contribution in [0.4, 0.5) is 0 Å². The third-order valence-corrected chi connectivity index (χ3v) is 11.7. The summed E-state index contributed by atoms with van der Waals surface area (Å²) in [6.07, 6.45) is 11.9. The van der Waals surface area contributed by atoms with Crippen LogP contribution in [-0.4, -0.2) is 64.2 Å². The number of ketones is 1. The first-order valence-corrected chi connectivity index (χ1v) is 18.5. The zero-order valence-electron chi connectivity index (χ0n) is 30.3. The standard InChI is InChI=1S/C21H26ClNO.C18H20O2.C4H4O4/c1-21(17-7-4-3-5-8-17,18-10-12-19(22)13-11-18)24-16-14-20-9-6-15-23(20)2;1-18-9-8-14-13-5-3-12(19)10-11(13)2-4-15(14)16(18)6-7-17(18)20;5-3(6)1-2-4(7)8/h3-5,7-8,10-13,20H,6,9,14-16H2,1-2H3;3-5,10,14,16,19H,2,6-9H2,1H3;1-2H,(H,5,6)(H,7,8). The zero-order valence-corrected chi connectivity index (χ0v) is 31.0. The highest BCUT2D eigenvalue weighted by Crippen LogP contribution is 2.58. The Morgan fingerprint density at radius 3 is 2.29 bits per heavy atom. The molecule has 0 spiro atoms. The van der Waals surface area contributed by atoms with Crippen molar-refractivity contribution in [3.05, 3.63) is 124 Å². The minimum Gasteiger partial charge on any atom is -0.508 e. The Labute approximate surface area is 311 Å². The molecule has 1 heterocycles. The van der Waals surface area contributed by atoms with E-state index in [4.69, 9.17) is 26.6 Å². The van der Waals surface area contributed by atoms with E-state index in [0.29, 0.717) is 41.6 Å². The van der Waals surface area contributed by atoms with Gasteiger partial charge < -0.3 is 25.0 Å². The summed E-state index contributed by atoms with van der Waals surface area (Å²) >= 11 is 6.07. The normalized spacial score (nSPS) is 24.6. The molecule has 0 bridgehead atoms. The number of allylic oxidation sites excluding steroid dienone is 2. The van der Waals surface area contributed by atoms with Crippen LogP contribution in [-0.2, 0) is 31.1 Å². The van der Waals surface area contributed by atoms with E-state index in [0.717, 1.165) is 55.7 Å². The van der Waals surface area contributed by atoms with Crippen LogP contribution in [0.5, 0.6) is 5.75 Å². The Balaban J connectivity index is 0.000000169. The lowest BCUT2D eigenvalue weighted by molar-refractivity contribution is -0.134. The maximum atomic E-state index is 12.2. The third kappa shape index (κ3) is 9.03. The number of likely N-dealkylation sites (tertiary alicyclic amines) is 1. The average molecular weight is 728 g/mol. The van der Waals surface area contributed by atoms with Gasteiger partial charge in [-0.25, -0.2) is 9.59 Å². The number of fused-ring (bicyclic) bond motifs is 5. The number of ether oxygens (including phenoxy) is 1. The molecule has 8 nitrogen and oxygen atoms in total. The number of aromatic hydroxyl groups is 1. The van der Waals surface area contributed by atoms with Crippen molar-refractivity contribution in [2.75, 3.05) is 20.2 Å². The number of benzene rings is 3. The molecular weight excluding hydrogens is 678 g/mol. The molecule has 5 atom stereocenters. The van der Waals surface area contributed by atoms with Crippen LogP contribution in [0.25, 0.3) is 0 Å². The van der Waals surface area contributed by atoms with Crippen molar-refractivity contribution in [1.82, 2.24) is 4.90 Å². The Hall–Kier alpha value is -4.24. The van der Waals surface area contributed by atoms with E-state index in [1.165, 1.54) is 41.6 Å². The first-order chi connectivity index (χ1) is 24.8. The van der Waals surface area contributed by atoms with Crippen LogP contribution in [0.2, 0.25) is 5.02 Å². The second-order valence-electron chi connectivity index (χ2n) is 14.6. The number of aliphatic carboxylic acids is 2. The Kier molecular flexibility index (Phi) is 12.8. The highest BCUT2D eigenvalue weighted by Gasteiger charge is 2.52. The van der Waals surface area contributed by atoms with Crippen molar-refractivity contribution in [3.8, 4) is 5.75 Å². The molecule has 3 aromatic carbocycles. The molecular formula is C43H50ClNO7. The molecule has 5 unspecified atom stereocenters. The van der Waals surface area contributed by atoms with Gasteiger partial charge in [0.25, 0.3) is 0 Å². The van der Waals surface area contributed by atoms with Gasteiger partial charge in [-0.2, -0.15) is 0 Å². The van der Waals surface area contributed by atoms with Crippen LogP contribution >= 0.6 is 11.6 Å². The summed E-state index contributed by atoms with van der Waals surface area (Å²) in [7, 11) is 2.22. The number of hydrogen-bond donors (Lipinski definition) is 3. The van der Waals surface area contributed by atoms with E-state index in [1.54, 1.807) is 6.07 Å². The fourth-order valence-corrected chi connectivity index (χ4v) is 8.60. The summed E-state index contributed by atoms with van der Waals surface area (Å²) in [5.41, 5.74) is 5.89. The first kappa shape index (κ1) is 39.0. The molecule has 276 valence electrons. The SMILES string of the molecule is CC12CCC3C(=CCc4cc(O)ccc43)C1CCC2=O.CN1CCCC1CCOC(C)(c1ccccc1)c1ccc(Cl)cc1.O=C(O)C=CC(=O)O. The summed E-state index contributed by atoms with van der Waals surface area (Å²) < 4.78 is 6.48. The van der Waals surface area contributed by atoms with Gasteiger partial charge in [-0.3, -0.25) is 4.79 Å². The second kappa shape index (κ2) is 17.1. The lowest BCUT2D eigenvalue weighted by Gasteiger charge is -2.43. The Morgan fingerprint density at radius 1 is 0.981 bits per heavy atom. The molecule has 1 saturated heterocycles. The largest absolute Gasteiger partial charge is 0.508 e. The summed E-state index contributed by atoms with van der Waals surface area (Å²) in [5, 5.41) is 26.0. The highest BCUT2D eigenvalue weighted by atomic mass is 35.5. The maximum Gasteiger partial charge on any atom is 0.328 e. The number of carbonyl (C=O) groups is 3. The lowest BCUT2D eigenvalue weighted by atomic mass is 9.60. The fraction of sp³-hybridized carbons (Fsp3) is 0.419. The van der Waals surface area contributed by atoms with Crippen LogP contribution < -0.4 is 0 Å². The molecule has 0 aromatic heterocycles. The zero-order chi connectivity index (χ0) is 37.5. The van der Waals surface area contributed by atoms with Gasteiger partial charge in [0.05, 0.1) is 0 Å². The summed E-state index contributed by atoms with van der Waals surface area (Å²) in [6, 6.07) is 24.9. The van der Waals surface area contributed by atoms with Gasteiger partial charge in [0, 0.05) is 47.6 Å². The second-order valence-corrected chi connectivity index (χ2v) is 15.1. The molecule has 3 N–H and O–H groups in total. The topological polar surface area (TPSA) is 124 Å². The van der Waals surface area contributed by atoms with Crippen LogP contribution in [0.15, 0.2) is 96.6 Å². The van der Waals surface area contributed by atoms with Crippen molar-refractivity contribution in [2.24, 2.45) is 11.3 Å². The number of halogens is 1. The molecule has 3 aliphatic carbocycles. The number of carbonyl (C=O) groups excluding carboxylic acids is 1. The minimum absolute atomic E-state index is 0.100. The van der Waals surface area contributed by atoms with Gasteiger partial charge in [-0.15, -0.1) is 0 Å². The number of nitrogens with zero attached hydrogens (tertiary/aromatic N) is 1. The number of phenols is 1. The predicted octanol–water partition coefficient (Wildman–Crippen LogP) is 8.55. The van der Waals surface area contributed by atoms with Gasteiger partial charge in [0.15, 0.2) is 0 Å². The van der Waals surface area contributed by atoms with Crippen molar-refractivity contribution in [2.45, 2.75) is 82.8 Å². The number of rotatable bonds is 8. The molecule has 0 radical (unpaired) electrons. The Morgan fingerprint density at radius 2 is 1.65 bits per heavy atom. The molecule has 1 aliphatic heterocycles. The van der Waals surface area contributed by atoms with E-state index < -0.39 is 17.5 Å². The van der Waals surface area contributed by atoms with Crippen molar-refractivity contribution in [1.29, 1.82) is 0 Å². The third-order valence-electron chi connectivity index (χ3n) is 11.5. The van der Waals surface area contributed by atoms with Gasteiger partial charge in [0.2, 0.25) is 0 Å². The first-order valence-electron chi connectivity index (χ1n) is 18.2. The molecule has 0 amide bonds. The fourth-order valence-electron chi connectivity index (χ4n) is 8.48. The number of Topliss-reactive ketones (excluding diaryl/α,β-unsaturated/α-hetero) is 1. The highest BCUT2D eigenvalue weighted by molar-refractivity contribution is 6.30. The van der Waals surface area contributed by atoms with E-state index in [9.17, 15) is 19.5 Å². The van der Waals surface area contributed by atoms with Crippen LogP contribution in [0.1, 0.15) is 87.0 Å². The smallest absolute Gasteiger partial charge is 0.328 e. The van der Waals surface area contributed by atoms with E-state index in [1.807, 2.05) is 24.3 Å². The molecule has 3 fully saturated rings. The summed E-state index contributed by atoms with van der Waals surface area (Å²) in [5.74, 6) is -0.755. The Bertz CT molecular complexity index is 1770. The molecule has 4 aliphatic rings. The van der Waals surface area contributed by atoms with Gasteiger partial charge in [-0.05, 0) is 118 Å². The summed E-state index contributed by atoms with van der Waals surface area (Å²) in [4.78, 5) is 33.8. The minimum atomic E-state index is -1.26. The van der Waals surface area contributed by atoms with E-state index >= 15 is 0 Å². The van der Waals surface area contributed by atoms with Crippen molar-refractivity contribution in [3.63, 3.8) is 0 Å². The maximum absolute atomic E-state index is 12.2. The average Bonchev–Trinajstić information content (AvgIpc) is 3.68. The van der Waals surface area contributed by atoms with Crippen molar-refractivity contribution < 1.29 is 34.4 Å². The van der Waals surface area contributed by atoms with Gasteiger partial charge >= 0.3 is 11.9 Å². The van der Waals surface area contributed by atoms with Gasteiger partial charge in [-0.1, -0.05) is 78.7 Å². The summed E-state index contributed by atoms with van der Waals surface area (Å²) in [6.45, 7) is 6.29. The number of phenolic OH excluding ortho intramolecular Hbond substituents is 1. The predicted molar refractivity (Wildman–Crippen MR) is 203 cm³/mol. The lowest BCUT2D eigenvalue weighted by Crippen LogP contribution is -2.37. The molecule has 7 rings (SSSR count). The molecule has 52 heavy (non-hydrogen) atoms. The molecule has 9 heteroatoms. The van der Waals surface area contributed by atoms with Crippen LogP contribution in [0, 0.1) is 11.3 Å². The number of hydrogen-bond acceptors (Lipinski definition) is 6. The number of carboxylic acid groups (broad SMARTS) is 2. The van der Waals surface area contributed by atoms with Gasteiger partial charge in [0.1, 0.15) is 17.1 Å². The number of carboxylic acids is 2. The monoisotopic (exact) mass is 727 g/mol. The van der Waals surface area contributed by atoms with Crippen molar-refractivity contribution >= 4 is 29.3 Å². The quantitative estimate of drug-likeness (QED) is 0.156. The van der Waals surface area contributed by atoms with Crippen LogP contribution in [0.3, 0.4) is 0 Å². The molecule has 2 saturated carbocycles.